The van der Waals surface area contributed by atoms with E-state index in [1.165, 1.54) is 179 Å². The molecule has 5 aromatic rings. The monoisotopic (exact) mass is 1000 g/mol. The first-order valence-corrected chi connectivity index (χ1v) is 27.3. The Morgan fingerprint density at radius 3 is 1.00 bits per heavy atom. The van der Waals surface area contributed by atoms with Gasteiger partial charge in [0.1, 0.15) is 34.6 Å². The third-order valence-electron chi connectivity index (χ3n) is 13.4. The zero-order valence-electron chi connectivity index (χ0n) is 43.7. The summed E-state index contributed by atoms with van der Waals surface area (Å²) in [5, 5.41) is 0. The van der Waals surface area contributed by atoms with Gasteiger partial charge in [0, 0.05) is 17.7 Å². The lowest BCUT2D eigenvalue weighted by Crippen LogP contribution is -2.14. The zero-order chi connectivity index (χ0) is 52.0. The molecule has 5 aromatic carbocycles. The van der Waals surface area contributed by atoms with E-state index in [1.54, 1.807) is 24.3 Å². The van der Waals surface area contributed by atoms with Crippen molar-refractivity contribution >= 4 is 23.9 Å². The third-order valence-corrected chi connectivity index (χ3v) is 13.4. The molecule has 0 radical (unpaired) electrons. The normalized spacial score (nSPS) is 11.1. The Morgan fingerprint density at radius 1 is 0.370 bits per heavy atom. The molecule has 0 bridgehead atoms. The van der Waals surface area contributed by atoms with E-state index in [-0.39, 0.29) is 28.6 Å². The highest BCUT2D eigenvalue weighted by Crippen LogP contribution is 2.30. The Labute approximate surface area is 433 Å². The van der Waals surface area contributed by atoms with Gasteiger partial charge in [-0.25, -0.2) is 28.0 Å². The summed E-state index contributed by atoms with van der Waals surface area (Å²) in [5.41, 5.74) is 2.26. The van der Waals surface area contributed by atoms with Gasteiger partial charge in [0.25, 0.3) is 0 Å². The lowest BCUT2D eigenvalue weighted by Gasteiger charge is -2.13. The number of carbonyl (C=O) groups is 4. The molecule has 10 heteroatoms. The number of rotatable bonds is 34. The number of aryl methyl sites for hydroxylation is 2. The van der Waals surface area contributed by atoms with Crippen molar-refractivity contribution in [3.63, 3.8) is 0 Å². The molecule has 5 rings (SSSR count). The van der Waals surface area contributed by atoms with Crippen LogP contribution in [0, 0.1) is 18.6 Å². The van der Waals surface area contributed by atoms with Gasteiger partial charge in [0.15, 0.2) is 0 Å². The van der Waals surface area contributed by atoms with Crippen LogP contribution < -0.4 is 18.9 Å². The fourth-order valence-electron chi connectivity index (χ4n) is 8.86. The van der Waals surface area contributed by atoms with Crippen molar-refractivity contribution in [3.8, 4) is 23.0 Å². The van der Waals surface area contributed by atoms with Crippen LogP contribution >= 0.6 is 0 Å². The van der Waals surface area contributed by atoms with Gasteiger partial charge in [-0.15, -0.1) is 0 Å². The summed E-state index contributed by atoms with van der Waals surface area (Å²) in [7, 11) is 0. The van der Waals surface area contributed by atoms with E-state index in [9.17, 15) is 19.2 Å². The van der Waals surface area contributed by atoms with Crippen molar-refractivity contribution in [1.82, 2.24) is 0 Å². The molecule has 8 nitrogen and oxygen atoms in total. The number of carbonyl (C=O) groups excluding carboxylic acids is 4. The summed E-state index contributed by atoms with van der Waals surface area (Å²) in [6.07, 6.45) is 32.8. The fourth-order valence-corrected chi connectivity index (χ4v) is 8.86. The van der Waals surface area contributed by atoms with Gasteiger partial charge in [0.2, 0.25) is 0 Å². The van der Waals surface area contributed by atoms with Gasteiger partial charge >= 0.3 is 23.9 Å². The van der Waals surface area contributed by atoms with E-state index in [2.05, 4.69) is 13.8 Å². The lowest BCUT2D eigenvalue weighted by molar-refractivity contribution is 0.0719. The first-order chi connectivity index (χ1) is 35.6. The fraction of sp³-hybridized carbons (Fsp3) is 0.460. The minimum Gasteiger partial charge on any atom is -0.423 e. The molecular weight excluding hydrogens is 923 g/mol. The van der Waals surface area contributed by atoms with Crippen molar-refractivity contribution in [2.24, 2.45) is 0 Å². The highest BCUT2D eigenvalue weighted by Gasteiger charge is 2.22. The SMILES string of the molecule is CCCCCCCCCCCCCCc1ccc(C(=O)Oc2ccc(C(=O)Oc3cccc(OC(=O)c4ccc(OC(=O)c5ccc(CCCCCCCCCCCCCC)cc5)cc4F)c3C)c(F)c2)cc1. The number of ether oxygens (including phenoxy) is 4. The van der Waals surface area contributed by atoms with Gasteiger partial charge in [-0.1, -0.05) is 185 Å². The Balaban J connectivity index is 1.02. The lowest BCUT2D eigenvalue weighted by atomic mass is 10.0. The summed E-state index contributed by atoms with van der Waals surface area (Å²) >= 11 is 0. The van der Waals surface area contributed by atoms with Crippen molar-refractivity contribution in [1.29, 1.82) is 0 Å². The van der Waals surface area contributed by atoms with E-state index < -0.39 is 46.6 Å². The summed E-state index contributed by atoms with van der Waals surface area (Å²) in [5.74, 6) is -5.62. The van der Waals surface area contributed by atoms with E-state index >= 15 is 8.78 Å². The maximum Gasteiger partial charge on any atom is 0.346 e. The smallest absolute Gasteiger partial charge is 0.346 e. The molecule has 0 aliphatic rings. The molecule has 0 saturated carbocycles. The molecule has 0 atom stereocenters. The Kier molecular flexibility index (Phi) is 26.0. The van der Waals surface area contributed by atoms with Gasteiger partial charge in [-0.3, -0.25) is 0 Å². The molecule has 0 aromatic heterocycles. The summed E-state index contributed by atoms with van der Waals surface area (Å²) in [4.78, 5) is 52.1. The van der Waals surface area contributed by atoms with E-state index in [0.717, 1.165) is 61.1 Å². The van der Waals surface area contributed by atoms with Gasteiger partial charge in [-0.05, 0) is 104 Å². The number of benzene rings is 5. The maximum absolute atomic E-state index is 15.3. The highest BCUT2D eigenvalue weighted by atomic mass is 19.1. The largest absolute Gasteiger partial charge is 0.423 e. The number of hydrogen-bond donors (Lipinski definition) is 0. The number of hydrogen-bond acceptors (Lipinski definition) is 8. The van der Waals surface area contributed by atoms with Crippen LogP contribution in [0.15, 0.2) is 103 Å². The standard InChI is InChI=1S/C63H78F2O8/c1-4-6-8-10-12-14-16-18-20-22-24-26-29-48-33-37-50(38-34-48)60(66)70-52-41-43-54(56(64)45-52)62(68)72-58-31-28-32-59(47(58)3)73-63(69)55-44-42-53(46-57(55)65)71-61(67)51-39-35-49(36-40-51)30-27-25-23-21-19-17-15-13-11-9-7-5-2/h28,31-46H,4-27,29-30H2,1-3H3. The van der Waals surface area contributed by atoms with E-state index in [0.29, 0.717) is 11.1 Å². The predicted octanol–water partition coefficient (Wildman–Crippen LogP) is 17.6. The number of halogens is 2. The number of esters is 4. The zero-order valence-corrected chi connectivity index (χ0v) is 43.7. The molecule has 0 heterocycles. The van der Waals surface area contributed by atoms with Crippen molar-refractivity contribution in [2.75, 3.05) is 0 Å². The van der Waals surface area contributed by atoms with Crippen LogP contribution in [0.5, 0.6) is 23.0 Å². The molecule has 0 aliphatic carbocycles. The van der Waals surface area contributed by atoms with Crippen LogP contribution in [0.2, 0.25) is 0 Å². The summed E-state index contributed by atoms with van der Waals surface area (Å²) in [6, 6.07) is 25.5. The average molecular weight is 1000 g/mol. The summed E-state index contributed by atoms with van der Waals surface area (Å²) < 4.78 is 52.4. The second-order valence-electron chi connectivity index (χ2n) is 19.4. The Hall–Kier alpha value is -6.16. The van der Waals surface area contributed by atoms with Crippen molar-refractivity contribution in [2.45, 2.75) is 188 Å². The Bertz CT molecular complexity index is 2300. The minimum atomic E-state index is -1.05. The second-order valence-corrected chi connectivity index (χ2v) is 19.4. The van der Waals surface area contributed by atoms with Gasteiger partial charge in [-0.2, -0.15) is 0 Å². The minimum absolute atomic E-state index is 0.0347. The molecule has 0 saturated heterocycles. The highest BCUT2D eigenvalue weighted by molar-refractivity contribution is 5.94. The number of unbranched alkanes of at least 4 members (excludes halogenated alkanes) is 22. The van der Waals surface area contributed by atoms with E-state index in [4.69, 9.17) is 18.9 Å². The van der Waals surface area contributed by atoms with Gasteiger partial charge < -0.3 is 18.9 Å². The first kappa shape index (κ1) is 57.7. The summed E-state index contributed by atoms with van der Waals surface area (Å²) in [6.45, 7) is 6.01. The van der Waals surface area contributed by atoms with Crippen LogP contribution in [0.1, 0.15) is 226 Å². The van der Waals surface area contributed by atoms with Crippen LogP contribution in [0.4, 0.5) is 8.78 Å². The predicted molar refractivity (Wildman–Crippen MR) is 286 cm³/mol. The molecule has 0 N–H and O–H groups in total. The molecule has 392 valence electrons. The molecule has 0 aliphatic heterocycles. The van der Waals surface area contributed by atoms with Crippen molar-refractivity contribution in [3.05, 3.63) is 154 Å². The van der Waals surface area contributed by atoms with Crippen LogP contribution in [-0.2, 0) is 12.8 Å². The first-order valence-electron chi connectivity index (χ1n) is 27.3. The third kappa shape index (κ3) is 20.7. The van der Waals surface area contributed by atoms with Gasteiger partial charge in [0.05, 0.1) is 22.3 Å². The maximum atomic E-state index is 15.3. The quantitative estimate of drug-likeness (QED) is 0.0228. The van der Waals surface area contributed by atoms with Crippen LogP contribution in [0.25, 0.3) is 0 Å². The van der Waals surface area contributed by atoms with Crippen LogP contribution in [-0.4, -0.2) is 23.9 Å². The topological polar surface area (TPSA) is 105 Å². The molecule has 0 amide bonds. The van der Waals surface area contributed by atoms with E-state index in [1.807, 2.05) is 24.3 Å². The molecule has 73 heavy (non-hydrogen) atoms. The second kappa shape index (κ2) is 32.8. The molecule has 0 fully saturated rings. The molecule has 0 unspecified atom stereocenters. The average Bonchev–Trinajstić information content (AvgIpc) is 3.38. The van der Waals surface area contributed by atoms with Crippen LogP contribution in [0.3, 0.4) is 0 Å². The Morgan fingerprint density at radius 2 is 0.685 bits per heavy atom. The molecule has 0 spiro atoms. The van der Waals surface area contributed by atoms with Crippen molar-refractivity contribution < 1.29 is 46.9 Å². The molecular formula is C63H78F2O8.